The minimum absolute atomic E-state index is 0.0275. The highest BCUT2D eigenvalue weighted by atomic mass is 19.2. The number of nitrogen functional groups attached to an aromatic ring is 1. The summed E-state index contributed by atoms with van der Waals surface area (Å²) < 4.78 is 32.3. The standard InChI is InChI=1S/C13H13F2N3O2/c1-3-10-17-11(13(19)20-2)12(16)18(10)7-4-5-8(14)9(15)6-7/h4-6H,3,16H2,1-2H3. The summed E-state index contributed by atoms with van der Waals surface area (Å²) in [6.45, 7) is 1.80. The minimum atomic E-state index is -1.00. The molecule has 0 atom stereocenters. The van der Waals surface area contributed by atoms with Crippen LogP contribution in [0, 0.1) is 11.6 Å². The van der Waals surface area contributed by atoms with E-state index in [1.54, 1.807) is 6.92 Å². The van der Waals surface area contributed by atoms with Crippen molar-refractivity contribution in [3.63, 3.8) is 0 Å². The molecule has 0 saturated heterocycles. The lowest BCUT2D eigenvalue weighted by molar-refractivity contribution is 0.0595. The van der Waals surface area contributed by atoms with Crippen LogP contribution in [0.4, 0.5) is 14.6 Å². The number of halogens is 2. The van der Waals surface area contributed by atoms with Crippen LogP contribution in [0.2, 0.25) is 0 Å². The highest BCUT2D eigenvalue weighted by molar-refractivity contribution is 5.92. The Morgan fingerprint density at radius 3 is 2.65 bits per heavy atom. The molecule has 20 heavy (non-hydrogen) atoms. The van der Waals surface area contributed by atoms with E-state index in [9.17, 15) is 13.6 Å². The molecular formula is C13H13F2N3O2. The van der Waals surface area contributed by atoms with Crippen molar-refractivity contribution in [3.05, 3.63) is 41.4 Å². The number of hydrogen-bond donors (Lipinski definition) is 1. The maximum Gasteiger partial charge on any atom is 0.360 e. The normalized spacial score (nSPS) is 10.6. The summed E-state index contributed by atoms with van der Waals surface area (Å²) in [6, 6.07) is 3.34. The second-order valence-corrected chi connectivity index (χ2v) is 4.04. The number of anilines is 1. The quantitative estimate of drug-likeness (QED) is 0.874. The highest BCUT2D eigenvalue weighted by Crippen LogP contribution is 2.23. The van der Waals surface area contributed by atoms with E-state index in [2.05, 4.69) is 9.72 Å². The Kier molecular flexibility index (Phi) is 3.69. The molecule has 0 aliphatic carbocycles. The SMILES string of the molecule is CCc1nc(C(=O)OC)c(N)n1-c1ccc(F)c(F)c1. The maximum atomic E-state index is 13.3. The van der Waals surface area contributed by atoms with Gasteiger partial charge in [0.25, 0.3) is 0 Å². The number of rotatable bonds is 3. The van der Waals surface area contributed by atoms with Crippen LogP contribution in [-0.4, -0.2) is 22.6 Å². The van der Waals surface area contributed by atoms with Crippen LogP contribution in [0.25, 0.3) is 5.69 Å². The molecule has 0 aliphatic heterocycles. The highest BCUT2D eigenvalue weighted by Gasteiger charge is 2.21. The number of aryl methyl sites for hydroxylation is 1. The molecule has 2 aromatic rings. The average Bonchev–Trinajstić information content (AvgIpc) is 2.78. The van der Waals surface area contributed by atoms with Crippen LogP contribution in [-0.2, 0) is 11.2 Å². The van der Waals surface area contributed by atoms with Gasteiger partial charge in [-0.25, -0.2) is 18.6 Å². The van der Waals surface area contributed by atoms with E-state index in [-0.39, 0.29) is 11.5 Å². The fraction of sp³-hybridized carbons (Fsp3) is 0.231. The van der Waals surface area contributed by atoms with E-state index in [1.807, 2.05) is 0 Å². The summed E-state index contributed by atoms with van der Waals surface area (Å²) in [5, 5.41) is 0. The van der Waals surface area contributed by atoms with Gasteiger partial charge in [-0.05, 0) is 12.1 Å². The topological polar surface area (TPSA) is 70.1 Å². The van der Waals surface area contributed by atoms with Gasteiger partial charge in [-0.15, -0.1) is 0 Å². The molecule has 1 aromatic carbocycles. The molecule has 1 heterocycles. The Hall–Kier alpha value is -2.44. The van der Waals surface area contributed by atoms with E-state index in [4.69, 9.17) is 5.73 Å². The average molecular weight is 281 g/mol. The summed E-state index contributed by atoms with van der Waals surface area (Å²) in [6.07, 6.45) is 0.459. The lowest BCUT2D eigenvalue weighted by atomic mass is 10.3. The molecule has 0 fully saturated rings. The van der Waals surface area contributed by atoms with Crippen molar-refractivity contribution in [3.8, 4) is 5.69 Å². The van der Waals surface area contributed by atoms with Gasteiger partial charge in [0, 0.05) is 12.5 Å². The zero-order chi connectivity index (χ0) is 14.9. The second kappa shape index (κ2) is 5.28. The molecule has 0 bridgehead atoms. The number of carbonyl (C=O) groups excluding carboxylic acids is 1. The number of aromatic nitrogens is 2. The first-order valence-corrected chi connectivity index (χ1v) is 5.90. The first-order valence-electron chi connectivity index (χ1n) is 5.90. The number of hydrogen-bond acceptors (Lipinski definition) is 4. The number of nitrogens with two attached hydrogens (primary N) is 1. The predicted octanol–water partition coefficient (Wildman–Crippen LogP) is 2.08. The number of esters is 1. The van der Waals surface area contributed by atoms with Crippen LogP contribution < -0.4 is 5.73 Å². The van der Waals surface area contributed by atoms with E-state index in [1.165, 1.54) is 17.7 Å². The smallest absolute Gasteiger partial charge is 0.360 e. The van der Waals surface area contributed by atoms with Crippen molar-refractivity contribution in [2.24, 2.45) is 0 Å². The van der Waals surface area contributed by atoms with Gasteiger partial charge in [0.05, 0.1) is 12.8 Å². The zero-order valence-electron chi connectivity index (χ0n) is 11.0. The van der Waals surface area contributed by atoms with Crippen LogP contribution in [0.5, 0.6) is 0 Å². The van der Waals surface area contributed by atoms with Crippen LogP contribution in [0.1, 0.15) is 23.2 Å². The number of methoxy groups -OCH3 is 1. The summed E-state index contributed by atoms with van der Waals surface area (Å²) in [4.78, 5) is 15.6. The molecule has 0 radical (unpaired) electrons. The number of benzene rings is 1. The van der Waals surface area contributed by atoms with Gasteiger partial charge in [0.1, 0.15) is 11.6 Å². The molecule has 0 amide bonds. The van der Waals surface area contributed by atoms with Gasteiger partial charge in [0.2, 0.25) is 0 Å². The van der Waals surface area contributed by atoms with Gasteiger partial charge in [0.15, 0.2) is 17.3 Å². The molecule has 7 heteroatoms. The van der Waals surface area contributed by atoms with Crippen LogP contribution >= 0.6 is 0 Å². The zero-order valence-corrected chi connectivity index (χ0v) is 11.0. The summed E-state index contributed by atoms with van der Waals surface area (Å²) >= 11 is 0. The van der Waals surface area contributed by atoms with Gasteiger partial charge in [-0.3, -0.25) is 4.57 Å². The molecule has 5 nitrogen and oxygen atoms in total. The Bertz CT molecular complexity index is 668. The molecule has 0 unspecified atom stereocenters. The third-order valence-electron chi connectivity index (χ3n) is 2.84. The third kappa shape index (κ3) is 2.22. The fourth-order valence-corrected chi connectivity index (χ4v) is 1.88. The summed E-state index contributed by atoms with van der Waals surface area (Å²) in [5.74, 6) is -2.16. The van der Waals surface area contributed by atoms with Crippen molar-refractivity contribution in [1.82, 2.24) is 9.55 Å². The Morgan fingerprint density at radius 1 is 1.40 bits per heavy atom. The van der Waals surface area contributed by atoms with Gasteiger partial charge < -0.3 is 10.5 Å². The molecule has 0 saturated carbocycles. The van der Waals surface area contributed by atoms with Crippen molar-refractivity contribution in [2.75, 3.05) is 12.8 Å². The second-order valence-electron chi connectivity index (χ2n) is 4.04. The van der Waals surface area contributed by atoms with Gasteiger partial charge >= 0.3 is 5.97 Å². The molecule has 0 spiro atoms. The molecular weight excluding hydrogens is 268 g/mol. The van der Waals surface area contributed by atoms with E-state index < -0.39 is 17.6 Å². The van der Waals surface area contributed by atoms with Crippen LogP contribution in [0.15, 0.2) is 18.2 Å². The Balaban J connectivity index is 2.63. The lowest BCUT2D eigenvalue weighted by Crippen LogP contribution is -2.08. The Labute approximate surface area is 114 Å². The van der Waals surface area contributed by atoms with E-state index in [0.29, 0.717) is 17.9 Å². The Morgan fingerprint density at radius 2 is 2.10 bits per heavy atom. The van der Waals surface area contributed by atoms with Crippen molar-refractivity contribution < 1.29 is 18.3 Å². The largest absolute Gasteiger partial charge is 0.464 e. The molecule has 2 rings (SSSR count). The van der Waals surface area contributed by atoms with Gasteiger partial charge in [-0.1, -0.05) is 6.92 Å². The number of ether oxygens (including phenoxy) is 1. The minimum Gasteiger partial charge on any atom is -0.464 e. The van der Waals surface area contributed by atoms with Gasteiger partial charge in [-0.2, -0.15) is 0 Å². The van der Waals surface area contributed by atoms with Crippen LogP contribution in [0.3, 0.4) is 0 Å². The van der Waals surface area contributed by atoms with Crippen molar-refractivity contribution in [1.29, 1.82) is 0 Å². The summed E-state index contributed by atoms with van der Waals surface area (Å²) in [5.41, 5.74) is 6.11. The molecule has 106 valence electrons. The lowest BCUT2D eigenvalue weighted by Gasteiger charge is -2.09. The maximum absolute atomic E-state index is 13.3. The summed E-state index contributed by atoms with van der Waals surface area (Å²) in [7, 11) is 1.21. The first kappa shape index (κ1) is 14.0. The third-order valence-corrected chi connectivity index (χ3v) is 2.84. The molecule has 2 N–H and O–H groups in total. The number of nitrogens with zero attached hydrogens (tertiary/aromatic N) is 2. The van der Waals surface area contributed by atoms with Crippen molar-refractivity contribution in [2.45, 2.75) is 13.3 Å². The molecule has 1 aromatic heterocycles. The first-order chi connectivity index (χ1) is 9.49. The molecule has 0 aliphatic rings. The van der Waals surface area contributed by atoms with E-state index >= 15 is 0 Å². The van der Waals surface area contributed by atoms with E-state index in [0.717, 1.165) is 12.1 Å². The number of carbonyl (C=O) groups is 1. The monoisotopic (exact) mass is 281 g/mol. The fourth-order valence-electron chi connectivity index (χ4n) is 1.88. The number of imidazole rings is 1. The predicted molar refractivity (Wildman–Crippen MR) is 68.6 cm³/mol. The van der Waals surface area contributed by atoms with Crippen molar-refractivity contribution >= 4 is 11.8 Å².